The van der Waals surface area contributed by atoms with Crippen LogP contribution in [0.2, 0.25) is 0 Å². The molecule has 10 nitrogen and oxygen atoms in total. The maximum atomic E-state index is 15.0. The first-order valence-electron chi connectivity index (χ1n) is 15.5. The zero-order valence-electron chi connectivity index (χ0n) is 24.8. The quantitative estimate of drug-likeness (QED) is 0.273. The molecule has 4 N–H and O–H groups in total. The number of hydrogen-bond acceptors (Lipinski definition) is 7. The van der Waals surface area contributed by atoms with Gasteiger partial charge in [0, 0.05) is 41.6 Å². The predicted molar refractivity (Wildman–Crippen MR) is 167 cm³/mol. The van der Waals surface area contributed by atoms with Crippen molar-refractivity contribution in [2.75, 3.05) is 24.5 Å². The highest BCUT2D eigenvalue weighted by Gasteiger charge is 2.51. The molecule has 3 aromatic rings. The van der Waals surface area contributed by atoms with E-state index in [9.17, 15) is 22.9 Å². The third-order valence-electron chi connectivity index (χ3n) is 9.98. The van der Waals surface area contributed by atoms with Crippen molar-refractivity contribution >= 4 is 46.5 Å². The second-order valence-corrected chi connectivity index (χ2v) is 15.8. The van der Waals surface area contributed by atoms with E-state index in [0.717, 1.165) is 54.8 Å². The van der Waals surface area contributed by atoms with Gasteiger partial charge in [-0.05, 0) is 79.7 Å². The van der Waals surface area contributed by atoms with Crippen LogP contribution < -0.4 is 15.5 Å². The van der Waals surface area contributed by atoms with Crippen LogP contribution in [0.1, 0.15) is 47.3 Å². The summed E-state index contributed by atoms with van der Waals surface area (Å²) in [6, 6.07) is 7.30. The molecule has 3 aliphatic heterocycles. The van der Waals surface area contributed by atoms with Crippen LogP contribution in [0.25, 0.3) is 10.1 Å². The third-order valence-corrected chi connectivity index (χ3v) is 12.1. The van der Waals surface area contributed by atoms with Gasteiger partial charge in [-0.25, -0.2) is 4.39 Å². The summed E-state index contributed by atoms with van der Waals surface area (Å²) in [6.45, 7) is 0.994. The molecule has 3 saturated heterocycles. The number of alkyl halides is 3. The van der Waals surface area contributed by atoms with Crippen molar-refractivity contribution in [2.45, 2.75) is 68.1 Å². The minimum absolute atomic E-state index is 0.177. The van der Waals surface area contributed by atoms with Crippen molar-refractivity contribution in [3.05, 3.63) is 59.2 Å². The van der Waals surface area contributed by atoms with Crippen molar-refractivity contribution in [2.24, 2.45) is 11.8 Å². The minimum Gasteiger partial charge on any atom is -0.365 e. The smallest absolute Gasteiger partial charge is 0.365 e. The van der Waals surface area contributed by atoms with Gasteiger partial charge in [-0.1, -0.05) is 6.07 Å². The number of halogens is 3. The molecule has 46 heavy (non-hydrogen) atoms. The lowest BCUT2D eigenvalue weighted by molar-refractivity contribution is -0.127. The van der Waals surface area contributed by atoms with E-state index < -0.39 is 37.1 Å². The number of nitrogens with one attached hydrogen (secondary N) is 2. The van der Waals surface area contributed by atoms with Crippen LogP contribution in [0.3, 0.4) is 0 Å². The minimum atomic E-state index is -5.73. The van der Waals surface area contributed by atoms with E-state index in [0.29, 0.717) is 40.9 Å². The first kappa shape index (κ1) is 31.6. The molecule has 1 saturated carbocycles. The fourth-order valence-electron chi connectivity index (χ4n) is 7.48. The van der Waals surface area contributed by atoms with Crippen molar-refractivity contribution in [3.63, 3.8) is 0 Å². The van der Waals surface area contributed by atoms with E-state index in [-0.39, 0.29) is 35.8 Å². The summed E-state index contributed by atoms with van der Waals surface area (Å²) in [5, 5.41) is 6.38. The van der Waals surface area contributed by atoms with Gasteiger partial charge in [0.2, 0.25) is 5.91 Å². The lowest BCUT2D eigenvalue weighted by Gasteiger charge is -2.35. The second-order valence-electron chi connectivity index (χ2n) is 13.0. The maximum absolute atomic E-state index is 15.0. The SMILES string of the molecule is O=C(N[C@H]1C[C@H]2C[C@H]2C[C@H]2CC[C@@H](C(=O)N[C@H]3CN(c4cccnc4)C[C@H]3F)N2C1)c1cc2cc(C(F)(F)P(=O)(O)O)ccc2s1. The van der Waals surface area contributed by atoms with Crippen molar-refractivity contribution in [1.29, 1.82) is 0 Å². The number of carbonyl (C=O) groups is 2. The Hall–Kier alpha value is -3.03. The van der Waals surface area contributed by atoms with Crippen molar-refractivity contribution < 1.29 is 37.1 Å². The Morgan fingerprint density at radius 2 is 1.83 bits per heavy atom. The summed E-state index contributed by atoms with van der Waals surface area (Å²) in [7, 11) is -5.73. The van der Waals surface area contributed by atoms with Crippen LogP contribution in [-0.2, 0) is 15.0 Å². The summed E-state index contributed by atoms with van der Waals surface area (Å²) < 4.78 is 55.5. The highest BCUT2D eigenvalue weighted by atomic mass is 32.1. The summed E-state index contributed by atoms with van der Waals surface area (Å²) in [5.74, 6) is 0.453. The lowest BCUT2D eigenvalue weighted by Crippen LogP contribution is -2.55. The second kappa shape index (κ2) is 11.9. The van der Waals surface area contributed by atoms with E-state index in [1.54, 1.807) is 18.5 Å². The number of aromatic nitrogens is 1. The molecule has 4 fully saturated rings. The number of rotatable bonds is 7. The first-order valence-corrected chi connectivity index (χ1v) is 17.9. The van der Waals surface area contributed by atoms with Crippen LogP contribution in [0.15, 0.2) is 48.8 Å². The van der Waals surface area contributed by atoms with Crippen LogP contribution in [-0.4, -0.2) is 81.5 Å². The summed E-state index contributed by atoms with van der Waals surface area (Å²) in [5.41, 5.74) is -4.35. The number of anilines is 1. The molecular formula is C31H35F3N5O5PS. The predicted octanol–water partition coefficient (Wildman–Crippen LogP) is 4.23. The molecule has 0 spiro atoms. The molecule has 246 valence electrons. The van der Waals surface area contributed by atoms with Gasteiger partial charge in [0.25, 0.3) is 5.91 Å². The number of amides is 2. The number of nitrogens with zero attached hydrogens (tertiary/aromatic N) is 3. The number of thiophene rings is 1. The van der Waals surface area contributed by atoms with Crippen molar-refractivity contribution in [3.8, 4) is 0 Å². The van der Waals surface area contributed by atoms with E-state index in [2.05, 4.69) is 20.5 Å². The van der Waals surface area contributed by atoms with E-state index in [1.807, 2.05) is 11.0 Å². The normalized spacial score (nSPS) is 29.9. The molecular weight excluding hydrogens is 642 g/mol. The Bertz CT molecular complexity index is 1690. The fraction of sp³-hybridized carbons (Fsp3) is 0.516. The molecule has 7 rings (SSSR count). The van der Waals surface area contributed by atoms with Gasteiger partial charge in [-0.15, -0.1) is 11.3 Å². The van der Waals surface area contributed by atoms with Gasteiger partial charge >= 0.3 is 13.3 Å². The molecule has 7 atom stereocenters. The molecule has 0 radical (unpaired) electrons. The number of fused-ring (bicyclic) bond motifs is 3. The molecule has 0 bridgehead atoms. The fourth-order valence-corrected chi connectivity index (χ4v) is 8.90. The van der Waals surface area contributed by atoms with Gasteiger partial charge in [0.05, 0.1) is 35.4 Å². The highest BCUT2D eigenvalue weighted by molar-refractivity contribution is 7.52. The van der Waals surface area contributed by atoms with Crippen LogP contribution in [0, 0.1) is 11.8 Å². The molecule has 15 heteroatoms. The Balaban J connectivity index is 1.04. The van der Waals surface area contributed by atoms with Crippen LogP contribution in [0.4, 0.5) is 18.9 Å². The number of carbonyl (C=O) groups excluding carboxylic acids is 2. The van der Waals surface area contributed by atoms with Gasteiger partial charge in [-0.2, -0.15) is 8.78 Å². The Morgan fingerprint density at radius 3 is 2.59 bits per heavy atom. The van der Waals surface area contributed by atoms with E-state index >= 15 is 4.39 Å². The highest BCUT2D eigenvalue weighted by Crippen LogP contribution is 2.59. The standard InChI is InChI=1S/C31H35F3N5O5PS/c32-24-15-38(23-2-1-7-35-13-23)16-25(24)37-29(40)26-5-4-22-11-18-8-17(18)10-21(14-39(22)26)36-30(41)28-12-19-9-20(3-6-27(19)46-28)31(33,34)45(42,43)44/h1-3,6-7,9,12-13,17-18,21-22,24-26H,4-5,8,10-11,14-16H2,(H,36,41)(H,37,40)(H2,42,43,44)/t17-,18+,21+,22-,24-,25+,26+/m1/s1. The van der Waals surface area contributed by atoms with Crippen molar-refractivity contribution in [1.82, 2.24) is 20.5 Å². The third kappa shape index (κ3) is 6.06. The monoisotopic (exact) mass is 677 g/mol. The van der Waals surface area contributed by atoms with Gasteiger partial charge in [0.1, 0.15) is 6.17 Å². The molecule has 0 unspecified atom stereocenters. The van der Waals surface area contributed by atoms with Gasteiger partial charge in [-0.3, -0.25) is 24.0 Å². The zero-order chi connectivity index (χ0) is 32.4. The topological polar surface area (TPSA) is 135 Å². The summed E-state index contributed by atoms with van der Waals surface area (Å²) in [6.07, 6.45) is 6.46. The lowest BCUT2D eigenvalue weighted by atomic mass is 9.99. The number of pyridine rings is 1. The first-order chi connectivity index (χ1) is 21.9. The molecule has 2 amide bonds. The maximum Gasteiger partial charge on any atom is 0.399 e. The molecule has 1 aromatic carbocycles. The molecule has 4 aliphatic rings. The Labute approximate surface area is 267 Å². The average molecular weight is 678 g/mol. The molecule has 5 heterocycles. The largest absolute Gasteiger partial charge is 0.399 e. The summed E-state index contributed by atoms with van der Waals surface area (Å²) in [4.78, 5) is 53.7. The Kier molecular flexibility index (Phi) is 8.16. The Morgan fingerprint density at radius 1 is 1.02 bits per heavy atom. The van der Waals surface area contributed by atoms with E-state index in [1.165, 1.54) is 12.1 Å². The average Bonchev–Trinajstić information content (AvgIpc) is 3.30. The van der Waals surface area contributed by atoms with Gasteiger partial charge in [0.15, 0.2) is 0 Å². The summed E-state index contributed by atoms with van der Waals surface area (Å²) >= 11 is 1.11. The van der Waals surface area contributed by atoms with Crippen LogP contribution >= 0.6 is 18.9 Å². The zero-order valence-corrected chi connectivity index (χ0v) is 26.5. The van der Waals surface area contributed by atoms with Gasteiger partial charge < -0.3 is 25.3 Å². The van der Waals surface area contributed by atoms with E-state index in [4.69, 9.17) is 9.79 Å². The van der Waals surface area contributed by atoms with Crippen LogP contribution in [0.5, 0.6) is 0 Å². The molecule has 1 aliphatic carbocycles. The number of benzene rings is 1. The molecule has 2 aromatic heterocycles. The number of hydrogen-bond donors (Lipinski definition) is 4.